The van der Waals surface area contributed by atoms with Crippen molar-refractivity contribution in [2.24, 2.45) is 0 Å². The van der Waals surface area contributed by atoms with E-state index in [0.717, 1.165) is 36.5 Å². The van der Waals surface area contributed by atoms with Gasteiger partial charge in [-0.1, -0.05) is 48.4 Å². The van der Waals surface area contributed by atoms with Gasteiger partial charge in [-0.3, -0.25) is 0 Å². The molecule has 26 heavy (non-hydrogen) atoms. The van der Waals surface area contributed by atoms with Crippen molar-refractivity contribution in [2.75, 3.05) is 26.2 Å². The van der Waals surface area contributed by atoms with Gasteiger partial charge < -0.3 is 14.7 Å². The third-order valence-corrected chi connectivity index (χ3v) is 5.38. The summed E-state index contributed by atoms with van der Waals surface area (Å²) in [4.78, 5) is 2.48. The fraction of sp³-hybridized carbons (Fsp3) is 0.478. The highest BCUT2D eigenvalue weighted by atomic mass is 16.5. The highest BCUT2D eigenvalue weighted by molar-refractivity contribution is 5.40. The molecule has 3 rings (SSSR count). The summed E-state index contributed by atoms with van der Waals surface area (Å²) in [6.45, 7) is 7.91. The van der Waals surface area contributed by atoms with Gasteiger partial charge in [0.25, 0.3) is 0 Å². The van der Waals surface area contributed by atoms with Gasteiger partial charge in [0, 0.05) is 6.54 Å². The number of aliphatic hydroxyl groups is 1. The molecule has 140 valence electrons. The molecule has 1 heterocycles. The summed E-state index contributed by atoms with van der Waals surface area (Å²) in [5.41, 5.74) is 2.10. The lowest BCUT2D eigenvalue weighted by molar-refractivity contribution is 0.0545. The Morgan fingerprint density at radius 3 is 2.38 bits per heavy atom. The topological polar surface area (TPSA) is 32.7 Å². The Balaban J connectivity index is 1.87. The van der Waals surface area contributed by atoms with Crippen molar-refractivity contribution in [2.45, 2.75) is 45.1 Å². The van der Waals surface area contributed by atoms with Crippen molar-refractivity contribution in [3.63, 3.8) is 0 Å². The number of aryl methyl sites for hydroxylation is 1. The predicted octanol–water partition coefficient (Wildman–Crippen LogP) is 4.51. The number of hydrogen-bond acceptors (Lipinski definition) is 3. The summed E-state index contributed by atoms with van der Waals surface area (Å²) in [6, 6.07) is 16.2. The van der Waals surface area contributed by atoms with Crippen molar-refractivity contribution in [1.29, 1.82) is 0 Å². The van der Waals surface area contributed by atoms with E-state index in [1.54, 1.807) is 0 Å². The first-order valence-electron chi connectivity index (χ1n) is 9.87. The molecule has 0 amide bonds. The van der Waals surface area contributed by atoms with Crippen LogP contribution in [0.2, 0.25) is 0 Å². The van der Waals surface area contributed by atoms with E-state index in [-0.39, 0.29) is 0 Å². The molecule has 0 spiro atoms. The lowest BCUT2D eigenvalue weighted by atomic mass is 9.82. The number of rotatable bonds is 7. The largest absolute Gasteiger partial charge is 0.494 e. The third kappa shape index (κ3) is 4.46. The standard InChI is InChI=1S/C23H31NO2/c1-3-26-22-12-10-20(11-13-22)23(25,21-9-7-8-19(2)18-21)14-17-24-15-5-4-6-16-24/h7-13,18,25H,3-6,14-17H2,1-2H3. The Kier molecular flexibility index (Phi) is 6.33. The van der Waals surface area contributed by atoms with Crippen molar-refractivity contribution in [3.8, 4) is 5.75 Å². The van der Waals surface area contributed by atoms with E-state index in [1.807, 2.05) is 43.3 Å². The molecule has 0 saturated carbocycles. The van der Waals surface area contributed by atoms with E-state index in [4.69, 9.17) is 4.74 Å². The molecule has 2 aromatic rings. The summed E-state index contributed by atoms with van der Waals surface area (Å²) in [6.07, 6.45) is 4.57. The Hall–Kier alpha value is -1.84. The number of piperidine rings is 1. The Labute approximate surface area is 157 Å². The minimum absolute atomic E-state index is 0.649. The number of hydrogen-bond donors (Lipinski definition) is 1. The van der Waals surface area contributed by atoms with Gasteiger partial charge in [-0.05, 0) is 69.5 Å². The minimum atomic E-state index is -0.978. The number of benzene rings is 2. The average molecular weight is 354 g/mol. The SMILES string of the molecule is CCOc1ccc(C(O)(CCN2CCCCC2)c2cccc(C)c2)cc1. The van der Waals surface area contributed by atoms with Crippen LogP contribution in [-0.4, -0.2) is 36.2 Å². The first-order chi connectivity index (χ1) is 12.6. The number of likely N-dealkylation sites (tertiary alicyclic amines) is 1. The van der Waals surface area contributed by atoms with E-state index in [0.29, 0.717) is 13.0 Å². The molecule has 3 nitrogen and oxygen atoms in total. The maximum atomic E-state index is 11.8. The quantitative estimate of drug-likeness (QED) is 0.795. The fourth-order valence-electron chi connectivity index (χ4n) is 3.85. The van der Waals surface area contributed by atoms with Crippen LogP contribution in [0.1, 0.15) is 49.3 Å². The molecule has 0 aromatic heterocycles. The normalized spacial score (nSPS) is 17.7. The van der Waals surface area contributed by atoms with E-state index in [9.17, 15) is 5.11 Å². The fourth-order valence-corrected chi connectivity index (χ4v) is 3.85. The van der Waals surface area contributed by atoms with Gasteiger partial charge in [-0.15, -0.1) is 0 Å². The van der Waals surface area contributed by atoms with Crippen LogP contribution in [-0.2, 0) is 5.60 Å². The molecular weight excluding hydrogens is 322 g/mol. The molecule has 3 heteroatoms. The van der Waals surface area contributed by atoms with Gasteiger partial charge in [0.1, 0.15) is 11.4 Å². The molecule has 0 radical (unpaired) electrons. The van der Waals surface area contributed by atoms with Crippen LogP contribution in [0.4, 0.5) is 0 Å². The number of ether oxygens (including phenoxy) is 1. The second kappa shape index (κ2) is 8.70. The monoisotopic (exact) mass is 353 g/mol. The molecule has 0 bridgehead atoms. The Morgan fingerprint density at radius 1 is 1.00 bits per heavy atom. The van der Waals surface area contributed by atoms with Gasteiger partial charge in [0.05, 0.1) is 6.61 Å². The molecule has 1 aliphatic rings. The van der Waals surface area contributed by atoms with Crippen molar-refractivity contribution < 1.29 is 9.84 Å². The maximum Gasteiger partial charge on any atom is 0.119 e. The molecule has 1 fully saturated rings. The van der Waals surface area contributed by atoms with Crippen molar-refractivity contribution in [1.82, 2.24) is 4.90 Å². The van der Waals surface area contributed by atoms with Crippen LogP contribution in [0.15, 0.2) is 48.5 Å². The van der Waals surface area contributed by atoms with Crippen LogP contribution in [0.3, 0.4) is 0 Å². The second-order valence-electron chi connectivity index (χ2n) is 7.34. The summed E-state index contributed by atoms with van der Waals surface area (Å²) < 4.78 is 5.56. The van der Waals surface area contributed by atoms with E-state index < -0.39 is 5.60 Å². The van der Waals surface area contributed by atoms with E-state index in [1.165, 1.54) is 24.8 Å². The van der Waals surface area contributed by atoms with Crippen LogP contribution in [0, 0.1) is 6.92 Å². The molecule has 1 aliphatic heterocycles. The summed E-state index contributed by atoms with van der Waals surface area (Å²) in [7, 11) is 0. The van der Waals surface area contributed by atoms with Gasteiger partial charge in [0.15, 0.2) is 0 Å². The maximum absolute atomic E-state index is 11.8. The Morgan fingerprint density at radius 2 is 1.73 bits per heavy atom. The smallest absolute Gasteiger partial charge is 0.119 e. The molecular formula is C23H31NO2. The van der Waals surface area contributed by atoms with E-state index >= 15 is 0 Å². The summed E-state index contributed by atoms with van der Waals surface area (Å²) >= 11 is 0. The zero-order chi connectivity index (χ0) is 18.4. The lowest BCUT2D eigenvalue weighted by Crippen LogP contribution is -2.36. The molecule has 0 aliphatic carbocycles. The molecule has 2 aromatic carbocycles. The Bertz CT molecular complexity index is 692. The van der Waals surface area contributed by atoms with Gasteiger partial charge >= 0.3 is 0 Å². The molecule has 1 saturated heterocycles. The summed E-state index contributed by atoms with van der Waals surface area (Å²) in [5.74, 6) is 0.846. The van der Waals surface area contributed by atoms with Crippen molar-refractivity contribution in [3.05, 3.63) is 65.2 Å². The van der Waals surface area contributed by atoms with Crippen molar-refractivity contribution >= 4 is 0 Å². The average Bonchev–Trinajstić information content (AvgIpc) is 2.68. The molecule has 1 N–H and O–H groups in total. The third-order valence-electron chi connectivity index (χ3n) is 5.38. The van der Waals surface area contributed by atoms with Crippen LogP contribution >= 0.6 is 0 Å². The zero-order valence-corrected chi connectivity index (χ0v) is 16.1. The number of nitrogens with zero attached hydrogens (tertiary/aromatic N) is 1. The van der Waals surface area contributed by atoms with Crippen LogP contribution in [0.5, 0.6) is 5.75 Å². The van der Waals surface area contributed by atoms with Gasteiger partial charge in [0.2, 0.25) is 0 Å². The molecule has 1 unspecified atom stereocenters. The van der Waals surface area contributed by atoms with Gasteiger partial charge in [-0.2, -0.15) is 0 Å². The lowest BCUT2D eigenvalue weighted by Gasteiger charge is -2.34. The predicted molar refractivity (Wildman–Crippen MR) is 107 cm³/mol. The highest BCUT2D eigenvalue weighted by Crippen LogP contribution is 2.35. The summed E-state index contributed by atoms with van der Waals surface area (Å²) in [5, 5.41) is 11.8. The molecule has 1 atom stereocenters. The minimum Gasteiger partial charge on any atom is -0.494 e. The van der Waals surface area contributed by atoms with Gasteiger partial charge in [-0.25, -0.2) is 0 Å². The van der Waals surface area contributed by atoms with E-state index in [2.05, 4.69) is 24.0 Å². The van der Waals surface area contributed by atoms with Crippen LogP contribution in [0.25, 0.3) is 0 Å². The first kappa shape index (κ1) is 18.9. The first-order valence-corrected chi connectivity index (χ1v) is 9.87. The van der Waals surface area contributed by atoms with Crippen LogP contribution < -0.4 is 4.74 Å². The zero-order valence-electron chi connectivity index (χ0n) is 16.1. The second-order valence-corrected chi connectivity index (χ2v) is 7.34. The highest BCUT2D eigenvalue weighted by Gasteiger charge is 2.32.